The minimum Gasteiger partial charge on any atom is -0.383 e. The molecule has 0 atom stereocenters. The van der Waals surface area contributed by atoms with Crippen molar-refractivity contribution in [3.8, 4) is 0 Å². The van der Waals surface area contributed by atoms with Crippen LogP contribution in [-0.4, -0.2) is 37.2 Å². The van der Waals surface area contributed by atoms with E-state index in [0.717, 1.165) is 16.8 Å². The van der Waals surface area contributed by atoms with Crippen LogP contribution in [-0.2, 0) is 4.74 Å². The normalized spacial score (nSPS) is 10.8. The molecule has 0 fully saturated rings. The van der Waals surface area contributed by atoms with Gasteiger partial charge >= 0.3 is 0 Å². The Hall–Kier alpha value is -2.21. The van der Waals surface area contributed by atoms with Gasteiger partial charge in [-0.2, -0.15) is 0 Å². The fourth-order valence-corrected chi connectivity index (χ4v) is 2.15. The van der Waals surface area contributed by atoms with E-state index in [1.807, 2.05) is 31.0 Å². The summed E-state index contributed by atoms with van der Waals surface area (Å²) in [6, 6.07) is 6.95. The van der Waals surface area contributed by atoms with Crippen molar-refractivity contribution in [3.05, 3.63) is 40.1 Å². The van der Waals surface area contributed by atoms with Gasteiger partial charge in [-0.1, -0.05) is 12.1 Å². The molecular formula is C14H17N3O3. The van der Waals surface area contributed by atoms with Gasteiger partial charge in [0.2, 0.25) is 0 Å². The third-order valence-electron chi connectivity index (χ3n) is 3.16. The molecule has 0 unspecified atom stereocenters. The number of likely N-dealkylation sites (N-methyl/N-ethyl adjacent to an activating group) is 1. The van der Waals surface area contributed by atoms with Crippen molar-refractivity contribution in [1.29, 1.82) is 0 Å². The summed E-state index contributed by atoms with van der Waals surface area (Å²) in [4.78, 5) is 17.1. The van der Waals surface area contributed by atoms with Gasteiger partial charge in [0.25, 0.3) is 5.69 Å². The minimum absolute atomic E-state index is 0.0348. The summed E-state index contributed by atoms with van der Waals surface area (Å²) in [5.41, 5.74) is 2.14. The number of hydrogen-bond acceptors (Lipinski definition) is 5. The number of ether oxygens (including phenoxy) is 1. The van der Waals surface area contributed by atoms with Crippen LogP contribution in [0.4, 0.5) is 11.4 Å². The first kappa shape index (κ1) is 14.2. The molecule has 2 aromatic rings. The van der Waals surface area contributed by atoms with Crippen LogP contribution in [0.2, 0.25) is 0 Å². The number of aryl methyl sites for hydroxylation is 1. The highest BCUT2D eigenvalue weighted by molar-refractivity contribution is 5.97. The van der Waals surface area contributed by atoms with Crippen molar-refractivity contribution in [2.24, 2.45) is 0 Å². The molecule has 0 saturated heterocycles. The zero-order chi connectivity index (χ0) is 14.7. The molecule has 0 aliphatic carbocycles. The Bertz CT molecular complexity index is 643. The number of pyridine rings is 1. The summed E-state index contributed by atoms with van der Waals surface area (Å²) in [6.07, 6.45) is 0. The molecule has 0 aliphatic heterocycles. The van der Waals surface area contributed by atoms with Gasteiger partial charge in [-0.3, -0.25) is 10.1 Å². The summed E-state index contributed by atoms with van der Waals surface area (Å²) >= 11 is 0. The molecule has 1 aromatic carbocycles. The number of aromatic nitrogens is 1. The Labute approximate surface area is 117 Å². The standard InChI is InChI=1S/C14H17N3O3/c1-10-9-13(16(2)7-8-20-3)11-5-4-6-12(17(18)19)14(11)15-10/h4-6,9H,7-8H2,1-3H3. The Balaban J connectivity index is 2.60. The van der Waals surface area contributed by atoms with Crippen LogP contribution in [0.5, 0.6) is 0 Å². The van der Waals surface area contributed by atoms with Crippen LogP contribution < -0.4 is 4.90 Å². The van der Waals surface area contributed by atoms with E-state index in [0.29, 0.717) is 18.7 Å². The quantitative estimate of drug-likeness (QED) is 0.619. The molecule has 6 heteroatoms. The first-order chi connectivity index (χ1) is 9.54. The predicted octanol–water partition coefficient (Wildman–Crippen LogP) is 2.53. The number of anilines is 1. The van der Waals surface area contributed by atoms with E-state index in [9.17, 15) is 10.1 Å². The number of nitro benzene ring substituents is 1. The molecular weight excluding hydrogens is 258 g/mol. The zero-order valence-electron chi connectivity index (χ0n) is 11.8. The van der Waals surface area contributed by atoms with Gasteiger partial charge in [0.15, 0.2) is 5.52 Å². The molecule has 0 saturated carbocycles. The lowest BCUT2D eigenvalue weighted by atomic mass is 10.1. The number of hydrogen-bond donors (Lipinski definition) is 0. The van der Waals surface area contributed by atoms with Crippen molar-refractivity contribution < 1.29 is 9.66 Å². The number of methoxy groups -OCH3 is 1. The van der Waals surface area contributed by atoms with Gasteiger partial charge < -0.3 is 9.64 Å². The van der Waals surface area contributed by atoms with Gasteiger partial charge in [0.05, 0.1) is 11.5 Å². The molecule has 20 heavy (non-hydrogen) atoms. The van der Waals surface area contributed by atoms with E-state index in [1.54, 1.807) is 13.2 Å². The van der Waals surface area contributed by atoms with Crippen LogP contribution in [0.3, 0.4) is 0 Å². The van der Waals surface area contributed by atoms with E-state index in [2.05, 4.69) is 4.98 Å². The minimum atomic E-state index is -0.395. The smallest absolute Gasteiger partial charge is 0.295 e. The van der Waals surface area contributed by atoms with Crippen molar-refractivity contribution in [2.75, 3.05) is 32.2 Å². The molecule has 1 heterocycles. The van der Waals surface area contributed by atoms with Crippen LogP contribution >= 0.6 is 0 Å². The third-order valence-corrected chi connectivity index (χ3v) is 3.16. The molecule has 106 valence electrons. The van der Waals surface area contributed by atoms with E-state index in [1.165, 1.54) is 6.07 Å². The van der Waals surface area contributed by atoms with Crippen LogP contribution in [0.1, 0.15) is 5.69 Å². The van der Waals surface area contributed by atoms with Crippen molar-refractivity contribution in [1.82, 2.24) is 4.98 Å². The molecule has 0 N–H and O–H groups in total. The van der Waals surface area contributed by atoms with Crippen LogP contribution in [0.25, 0.3) is 10.9 Å². The summed E-state index contributed by atoms with van der Waals surface area (Å²) in [6.45, 7) is 3.13. The Morgan fingerprint density at radius 3 is 2.85 bits per heavy atom. The molecule has 1 aromatic heterocycles. The van der Waals surface area contributed by atoms with E-state index in [-0.39, 0.29) is 5.69 Å². The van der Waals surface area contributed by atoms with E-state index < -0.39 is 4.92 Å². The van der Waals surface area contributed by atoms with Crippen LogP contribution in [0, 0.1) is 17.0 Å². The highest BCUT2D eigenvalue weighted by Gasteiger charge is 2.17. The lowest BCUT2D eigenvalue weighted by molar-refractivity contribution is -0.383. The van der Waals surface area contributed by atoms with Gasteiger partial charge in [-0.25, -0.2) is 4.98 Å². The lowest BCUT2D eigenvalue weighted by Crippen LogP contribution is -2.22. The second kappa shape index (κ2) is 5.83. The first-order valence-electron chi connectivity index (χ1n) is 6.29. The average Bonchev–Trinajstić information content (AvgIpc) is 2.42. The molecule has 0 aliphatic rings. The maximum absolute atomic E-state index is 11.1. The first-order valence-corrected chi connectivity index (χ1v) is 6.29. The summed E-state index contributed by atoms with van der Waals surface area (Å²) in [7, 11) is 3.58. The number of benzene rings is 1. The number of fused-ring (bicyclic) bond motifs is 1. The predicted molar refractivity (Wildman–Crippen MR) is 78.3 cm³/mol. The number of nitro groups is 1. The highest BCUT2D eigenvalue weighted by Crippen LogP contribution is 2.31. The third kappa shape index (κ3) is 2.70. The average molecular weight is 275 g/mol. The fourth-order valence-electron chi connectivity index (χ4n) is 2.15. The summed E-state index contributed by atoms with van der Waals surface area (Å²) in [5.74, 6) is 0. The number of nitrogens with zero attached hydrogens (tertiary/aromatic N) is 3. The summed E-state index contributed by atoms with van der Waals surface area (Å²) < 4.78 is 5.07. The molecule has 0 bridgehead atoms. The van der Waals surface area contributed by atoms with E-state index in [4.69, 9.17) is 4.74 Å². The fraction of sp³-hybridized carbons (Fsp3) is 0.357. The number of rotatable bonds is 5. The second-order valence-corrected chi connectivity index (χ2v) is 4.63. The van der Waals surface area contributed by atoms with Gasteiger partial charge in [0, 0.05) is 43.5 Å². The largest absolute Gasteiger partial charge is 0.383 e. The number of para-hydroxylation sites is 1. The second-order valence-electron chi connectivity index (χ2n) is 4.63. The maximum Gasteiger partial charge on any atom is 0.295 e. The van der Waals surface area contributed by atoms with Crippen molar-refractivity contribution in [3.63, 3.8) is 0 Å². The van der Waals surface area contributed by atoms with Gasteiger partial charge in [-0.05, 0) is 13.0 Å². The highest BCUT2D eigenvalue weighted by atomic mass is 16.6. The Kier molecular flexibility index (Phi) is 4.14. The molecule has 0 spiro atoms. The van der Waals surface area contributed by atoms with E-state index >= 15 is 0 Å². The monoisotopic (exact) mass is 275 g/mol. The van der Waals surface area contributed by atoms with Crippen molar-refractivity contribution >= 4 is 22.3 Å². The molecule has 2 rings (SSSR count). The Morgan fingerprint density at radius 2 is 2.20 bits per heavy atom. The molecule has 6 nitrogen and oxygen atoms in total. The van der Waals surface area contributed by atoms with Crippen LogP contribution in [0.15, 0.2) is 24.3 Å². The van der Waals surface area contributed by atoms with Gasteiger partial charge in [0.1, 0.15) is 0 Å². The van der Waals surface area contributed by atoms with Gasteiger partial charge in [-0.15, -0.1) is 0 Å². The summed E-state index contributed by atoms with van der Waals surface area (Å²) in [5, 5.41) is 11.9. The number of non-ortho nitro benzene ring substituents is 1. The molecule has 0 radical (unpaired) electrons. The lowest BCUT2D eigenvalue weighted by Gasteiger charge is -2.21. The zero-order valence-corrected chi connectivity index (χ0v) is 11.8. The molecule has 0 amide bonds. The Morgan fingerprint density at radius 1 is 1.45 bits per heavy atom. The van der Waals surface area contributed by atoms with Crippen molar-refractivity contribution in [2.45, 2.75) is 6.92 Å². The topological polar surface area (TPSA) is 68.5 Å². The SMILES string of the molecule is COCCN(C)c1cc(C)nc2c([N+](=O)[O-])cccc12. The maximum atomic E-state index is 11.1.